The molecule has 0 saturated heterocycles. The highest BCUT2D eigenvalue weighted by Crippen LogP contribution is 2.29. The molecule has 0 radical (unpaired) electrons. The third-order valence-electron chi connectivity index (χ3n) is 3.55. The molecule has 0 fully saturated rings. The number of carbonyl (C=O) groups is 1. The van der Waals surface area contributed by atoms with Crippen molar-refractivity contribution in [2.75, 3.05) is 19.5 Å². The summed E-state index contributed by atoms with van der Waals surface area (Å²) < 4.78 is 10.4. The molecule has 0 atom stereocenters. The molecule has 0 aliphatic rings. The Morgan fingerprint density at radius 1 is 1.20 bits per heavy atom. The molecule has 0 heterocycles. The van der Waals surface area contributed by atoms with Crippen LogP contribution >= 0.6 is 0 Å². The number of ether oxygens (including phenoxy) is 2. The predicted octanol–water partition coefficient (Wildman–Crippen LogP) is 3.59. The maximum absolute atomic E-state index is 12.5. The molecule has 1 amide bonds. The molecule has 2 aromatic rings. The Morgan fingerprint density at radius 3 is 2.48 bits per heavy atom. The molecule has 7 heteroatoms. The lowest BCUT2D eigenvalue weighted by Gasteiger charge is -2.12. The van der Waals surface area contributed by atoms with Crippen LogP contribution in [0.1, 0.15) is 15.9 Å². The van der Waals surface area contributed by atoms with Gasteiger partial charge in [0.25, 0.3) is 11.6 Å². The minimum atomic E-state index is -0.537. The Kier molecular flexibility index (Phi) is 5.73. The van der Waals surface area contributed by atoms with Gasteiger partial charge in [-0.1, -0.05) is 6.08 Å². The number of benzene rings is 2. The highest BCUT2D eigenvalue weighted by atomic mass is 16.6. The minimum Gasteiger partial charge on any atom is -0.496 e. The van der Waals surface area contributed by atoms with E-state index in [1.54, 1.807) is 31.4 Å². The van der Waals surface area contributed by atoms with E-state index in [1.165, 1.54) is 25.3 Å². The van der Waals surface area contributed by atoms with Crippen LogP contribution in [0.25, 0.3) is 0 Å². The molecule has 2 aromatic carbocycles. The van der Waals surface area contributed by atoms with E-state index in [4.69, 9.17) is 9.47 Å². The summed E-state index contributed by atoms with van der Waals surface area (Å²) in [5, 5.41) is 13.6. The van der Waals surface area contributed by atoms with Gasteiger partial charge in [-0.25, -0.2) is 0 Å². The number of anilines is 1. The quantitative estimate of drug-likeness (QED) is 0.472. The van der Waals surface area contributed by atoms with Crippen molar-refractivity contribution in [3.8, 4) is 11.5 Å². The van der Waals surface area contributed by atoms with Crippen molar-refractivity contribution < 1.29 is 19.2 Å². The first-order valence-electron chi connectivity index (χ1n) is 7.41. The van der Waals surface area contributed by atoms with Crippen molar-refractivity contribution in [1.82, 2.24) is 0 Å². The van der Waals surface area contributed by atoms with Crippen LogP contribution in [0.15, 0.2) is 49.1 Å². The number of methoxy groups -OCH3 is 2. The van der Waals surface area contributed by atoms with Crippen LogP contribution in [-0.2, 0) is 6.42 Å². The van der Waals surface area contributed by atoms with Crippen LogP contribution in [-0.4, -0.2) is 25.1 Å². The van der Waals surface area contributed by atoms with E-state index in [1.807, 2.05) is 0 Å². The van der Waals surface area contributed by atoms with Crippen molar-refractivity contribution in [2.24, 2.45) is 0 Å². The first-order chi connectivity index (χ1) is 12.0. The minimum absolute atomic E-state index is 0.141. The average molecular weight is 342 g/mol. The number of nitrogens with one attached hydrogen (secondary N) is 1. The summed E-state index contributed by atoms with van der Waals surface area (Å²) in [6.07, 6.45) is 2.26. The monoisotopic (exact) mass is 342 g/mol. The molecule has 25 heavy (non-hydrogen) atoms. The Labute approximate surface area is 145 Å². The van der Waals surface area contributed by atoms with Gasteiger partial charge in [0.05, 0.1) is 24.8 Å². The van der Waals surface area contributed by atoms with Crippen molar-refractivity contribution in [3.63, 3.8) is 0 Å². The lowest BCUT2D eigenvalue weighted by Crippen LogP contribution is -2.13. The van der Waals surface area contributed by atoms with E-state index in [9.17, 15) is 14.9 Å². The second-order valence-corrected chi connectivity index (χ2v) is 5.12. The van der Waals surface area contributed by atoms with Gasteiger partial charge in [-0.2, -0.15) is 0 Å². The Balaban J connectivity index is 2.33. The Hall–Kier alpha value is -3.35. The van der Waals surface area contributed by atoms with Gasteiger partial charge < -0.3 is 14.8 Å². The van der Waals surface area contributed by atoms with Gasteiger partial charge >= 0.3 is 0 Å². The average Bonchev–Trinajstić information content (AvgIpc) is 2.61. The number of hydrogen-bond donors (Lipinski definition) is 1. The van der Waals surface area contributed by atoms with Crippen LogP contribution in [0.3, 0.4) is 0 Å². The number of nitro benzene ring substituents is 1. The maximum atomic E-state index is 12.5. The van der Waals surface area contributed by atoms with Gasteiger partial charge in [-0.3, -0.25) is 14.9 Å². The van der Waals surface area contributed by atoms with Gasteiger partial charge in [0.2, 0.25) is 0 Å². The van der Waals surface area contributed by atoms with Crippen LogP contribution in [0.4, 0.5) is 11.4 Å². The molecule has 1 N–H and O–H groups in total. The summed E-state index contributed by atoms with van der Waals surface area (Å²) in [7, 11) is 2.97. The third kappa shape index (κ3) is 4.14. The molecule has 0 saturated carbocycles. The number of carbonyl (C=O) groups excluding carboxylic acids is 1. The number of hydrogen-bond acceptors (Lipinski definition) is 5. The first kappa shape index (κ1) is 18.0. The number of non-ortho nitro benzene ring substituents is 1. The number of amides is 1. The molecule has 0 spiro atoms. The number of rotatable bonds is 7. The fourth-order valence-corrected chi connectivity index (χ4v) is 2.34. The summed E-state index contributed by atoms with van der Waals surface area (Å²) in [6.45, 7) is 3.69. The van der Waals surface area contributed by atoms with E-state index in [-0.39, 0.29) is 11.4 Å². The summed E-state index contributed by atoms with van der Waals surface area (Å²) >= 11 is 0. The topological polar surface area (TPSA) is 90.7 Å². The normalized spacial score (nSPS) is 10.0. The summed E-state index contributed by atoms with van der Waals surface area (Å²) in [6, 6.07) is 9.00. The Bertz CT molecular complexity index is 817. The molecule has 0 aromatic heterocycles. The molecule has 2 rings (SSSR count). The van der Waals surface area contributed by atoms with Crippen molar-refractivity contribution in [2.45, 2.75) is 6.42 Å². The zero-order chi connectivity index (χ0) is 18.4. The van der Waals surface area contributed by atoms with Gasteiger partial charge in [0.15, 0.2) is 0 Å². The fraction of sp³-hybridized carbons (Fsp3) is 0.167. The SMILES string of the molecule is C=CCc1cc(C(=O)Nc2cc([N+](=O)[O-])ccc2OC)ccc1OC. The number of nitrogens with zero attached hydrogens (tertiary/aromatic N) is 1. The summed E-state index contributed by atoms with van der Waals surface area (Å²) in [5.74, 6) is 0.579. The molecular weight excluding hydrogens is 324 g/mol. The molecule has 0 bridgehead atoms. The van der Waals surface area contributed by atoms with Crippen LogP contribution in [0.5, 0.6) is 11.5 Å². The van der Waals surface area contributed by atoms with Crippen LogP contribution in [0, 0.1) is 10.1 Å². The van der Waals surface area contributed by atoms with Crippen LogP contribution in [0.2, 0.25) is 0 Å². The van der Waals surface area contributed by atoms with Crippen molar-refractivity contribution in [1.29, 1.82) is 0 Å². The molecule has 0 aliphatic carbocycles. The van der Waals surface area contributed by atoms with E-state index in [2.05, 4.69) is 11.9 Å². The first-order valence-corrected chi connectivity index (χ1v) is 7.41. The predicted molar refractivity (Wildman–Crippen MR) is 94.5 cm³/mol. The zero-order valence-corrected chi connectivity index (χ0v) is 13.9. The lowest BCUT2D eigenvalue weighted by atomic mass is 10.1. The number of allylic oxidation sites excluding steroid dienone is 1. The molecular formula is C18H18N2O5. The highest BCUT2D eigenvalue weighted by molar-refractivity contribution is 6.05. The Morgan fingerprint density at radius 2 is 1.88 bits per heavy atom. The van der Waals surface area contributed by atoms with E-state index in [0.717, 1.165) is 5.56 Å². The second-order valence-electron chi connectivity index (χ2n) is 5.12. The maximum Gasteiger partial charge on any atom is 0.271 e. The van der Waals surface area contributed by atoms with Gasteiger partial charge in [0, 0.05) is 17.7 Å². The van der Waals surface area contributed by atoms with Crippen LogP contribution < -0.4 is 14.8 Å². The summed E-state index contributed by atoms with van der Waals surface area (Å²) in [5.41, 5.74) is 1.29. The second kappa shape index (κ2) is 7.96. The summed E-state index contributed by atoms with van der Waals surface area (Å²) in [4.78, 5) is 22.9. The molecule has 0 unspecified atom stereocenters. The fourth-order valence-electron chi connectivity index (χ4n) is 2.34. The van der Waals surface area contributed by atoms with Crippen molar-refractivity contribution >= 4 is 17.3 Å². The van der Waals surface area contributed by atoms with Gasteiger partial charge in [0.1, 0.15) is 11.5 Å². The smallest absolute Gasteiger partial charge is 0.271 e. The largest absolute Gasteiger partial charge is 0.496 e. The van der Waals surface area contributed by atoms with E-state index in [0.29, 0.717) is 23.5 Å². The zero-order valence-electron chi connectivity index (χ0n) is 13.9. The number of nitro groups is 1. The molecule has 130 valence electrons. The van der Waals surface area contributed by atoms with Crippen molar-refractivity contribution in [3.05, 3.63) is 70.3 Å². The lowest BCUT2D eigenvalue weighted by molar-refractivity contribution is -0.384. The van der Waals surface area contributed by atoms with E-state index < -0.39 is 10.8 Å². The van der Waals surface area contributed by atoms with E-state index >= 15 is 0 Å². The third-order valence-corrected chi connectivity index (χ3v) is 3.55. The van der Waals surface area contributed by atoms with Gasteiger partial charge in [-0.15, -0.1) is 6.58 Å². The van der Waals surface area contributed by atoms with Gasteiger partial charge in [-0.05, 0) is 36.2 Å². The molecule has 7 nitrogen and oxygen atoms in total. The standard InChI is InChI=1S/C18H18N2O5/c1-4-5-12-10-13(6-8-16(12)24-2)18(21)19-15-11-14(20(22)23)7-9-17(15)25-3/h4,6-11H,1,5H2,2-3H3,(H,19,21). The molecule has 0 aliphatic heterocycles. The highest BCUT2D eigenvalue weighted by Gasteiger charge is 2.15.